The summed E-state index contributed by atoms with van der Waals surface area (Å²) < 4.78 is 7.59. The molecule has 37 heavy (non-hydrogen) atoms. The van der Waals surface area contributed by atoms with Crippen molar-refractivity contribution in [2.45, 2.75) is 31.7 Å². The van der Waals surface area contributed by atoms with Gasteiger partial charge in [-0.05, 0) is 62.2 Å². The van der Waals surface area contributed by atoms with Crippen LogP contribution >= 0.6 is 0 Å². The molecule has 0 atom stereocenters. The number of carbonyl (C=O) groups excluding carboxylic acids is 1. The third kappa shape index (κ3) is 4.40. The first-order chi connectivity index (χ1) is 18.2. The minimum atomic E-state index is -0.140. The van der Waals surface area contributed by atoms with E-state index in [2.05, 4.69) is 35.0 Å². The maximum Gasteiger partial charge on any atom is 0.253 e. The number of nitrogens with zero attached hydrogens (tertiary/aromatic N) is 6. The van der Waals surface area contributed by atoms with E-state index in [0.717, 1.165) is 24.4 Å². The number of rotatable bonds is 7. The van der Waals surface area contributed by atoms with E-state index in [1.807, 2.05) is 61.5 Å². The van der Waals surface area contributed by atoms with Crippen LogP contribution in [-0.4, -0.2) is 48.3 Å². The second-order valence-corrected chi connectivity index (χ2v) is 8.93. The number of aromatic nitrogens is 6. The summed E-state index contributed by atoms with van der Waals surface area (Å²) >= 11 is 0. The lowest BCUT2D eigenvalue weighted by Crippen LogP contribution is -2.44. The number of nitrogens with one attached hydrogen (secondary N) is 1. The van der Waals surface area contributed by atoms with E-state index in [1.54, 1.807) is 24.7 Å². The summed E-state index contributed by atoms with van der Waals surface area (Å²) in [6, 6.07) is 19.2. The fraction of sp³-hybridized carbons (Fsp3) is 0.214. The van der Waals surface area contributed by atoms with Crippen LogP contribution in [0.4, 0.5) is 0 Å². The van der Waals surface area contributed by atoms with Crippen molar-refractivity contribution < 1.29 is 9.53 Å². The third-order valence-electron chi connectivity index (χ3n) is 6.56. The zero-order valence-corrected chi connectivity index (χ0v) is 20.3. The molecule has 9 nitrogen and oxygen atoms in total. The van der Waals surface area contributed by atoms with Crippen LogP contribution in [0.3, 0.4) is 0 Å². The molecule has 1 aliphatic carbocycles. The van der Waals surface area contributed by atoms with E-state index in [-0.39, 0.29) is 17.9 Å². The van der Waals surface area contributed by atoms with Crippen molar-refractivity contribution in [3.8, 4) is 23.0 Å². The van der Waals surface area contributed by atoms with Gasteiger partial charge in [0.25, 0.3) is 5.91 Å². The molecule has 5 aromatic rings. The molecule has 6 rings (SSSR count). The molecule has 0 radical (unpaired) electrons. The molecule has 9 heteroatoms. The molecule has 4 heterocycles. The van der Waals surface area contributed by atoms with Gasteiger partial charge >= 0.3 is 0 Å². The van der Waals surface area contributed by atoms with Crippen LogP contribution < -0.4 is 10.1 Å². The van der Waals surface area contributed by atoms with Gasteiger partial charge in [-0.2, -0.15) is 0 Å². The monoisotopic (exact) mass is 491 g/mol. The highest BCUT2D eigenvalue weighted by molar-refractivity contribution is 6.04. The van der Waals surface area contributed by atoms with Gasteiger partial charge in [0.05, 0.1) is 23.9 Å². The molecule has 184 valence electrons. The molecule has 1 aromatic carbocycles. The normalized spacial score (nSPS) is 16.8. The van der Waals surface area contributed by atoms with E-state index in [0.29, 0.717) is 40.5 Å². The van der Waals surface area contributed by atoms with Crippen LogP contribution in [0.5, 0.6) is 5.75 Å². The average Bonchev–Trinajstić information content (AvgIpc) is 3.35. The van der Waals surface area contributed by atoms with Crippen molar-refractivity contribution in [2.75, 3.05) is 6.61 Å². The Kier molecular flexibility index (Phi) is 6.02. The number of carbonyl (C=O) groups is 1. The van der Waals surface area contributed by atoms with E-state index >= 15 is 0 Å². The average molecular weight is 492 g/mol. The predicted octanol–water partition coefficient (Wildman–Crippen LogP) is 4.35. The summed E-state index contributed by atoms with van der Waals surface area (Å²) in [5, 5.41) is 12.2. The van der Waals surface area contributed by atoms with Crippen molar-refractivity contribution >= 4 is 16.9 Å². The molecular formula is C28H25N7O2. The Labute approximate surface area is 213 Å². The molecule has 4 aromatic heterocycles. The van der Waals surface area contributed by atoms with Crippen LogP contribution in [0.1, 0.15) is 41.9 Å². The molecule has 1 N–H and O–H groups in total. The SMILES string of the molecule is CCOc1ccc(-c2nnc(C3CC(NC(=O)c4ccnc5cccnc45)C3)n2-c2ccccc2)nc1. The predicted molar refractivity (Wildman–Crippen MR) is 139 cm³/mol. The first kappa shape index (κ1) is 22.8. The van der Waals surface area contributed by atoms with Crippen molar-refractivity contribution in [2.24, 2.45) is 0 Å². The molecule has 1 aliphatic rings. The minimum absolute atomic E-state index is 0.0393. The number of ether oxygens (including phenoxy) is 1. The number of fused-ring (bicyclic) bond motifs is 1. The number of pyridine rings is 3. The van der Waals surface area contributed by atoms with Crippen LogP contribution in [0.25, 0.3) is 28.2 Å². The van der Waals surface area contributed by atoms with Crippen LogP contribution in [0.15, 0.2) is 79.3 Å². The maximum atomic E-state index is 13.0. The van der Waals surface area contributed by atoms with Crippen molar-refractivity contribution in [3.05, 3.63) is 90.6 Å². The molecule has 0 bridgehead atoms. The number of hydrogen-bond acceptors (Lipinski definition) is 7. The summed E-state index contributed by atoms with van der Waals surface area (Å²) in [4.78, 5) is 26.2. The zero-order chi connectivity index (χ0) is 25.2. The summed E-state index contributed by atoms with van der Waals surface area (Å²) in [6.45, 7) is 2.52. The Morgan fingerprint density at radius 3 is 2.62 bits per heavy atom. The Balaban J connectivity index is 1.23. The number of hydrogen-bond donors (Lipinski definition) is 1. The quantitative estimate of drug-likeness (QED) is 0.361. The molecule has 0 aliphatic heterocycles. The lowest BCUT2D eigenvalue weighted by Gasteiger charge is -2.35. The molecule has 1 saturated carbocycles. The van der Waals surface area contributed by atoms with Crippen molar-refractivity contribution in [3.63, 3.8) is 0 Å². The van der Waals surface area contributed by atoms with E-state index in [4.69, 9.17) is 4.74 Å². The lowest BCUT2D eigenvalue weighted by molar-refractivity contribution is 0.0908. The van der Waals surface area contributed by atoms with Crippen LogP contribution in [-0.2, 0) is 0 Å². The van der Waals surface area contributed by atoms with E-state index in [1.165, 1.54) is 0 Å². The van der Waals surface area contributed by atoms with Gasteiger partial charge in [0.1, 0.15) is 22.8 Å². The molecule has 1 amide bonds. The van der Waals surface area contributed by atoms with Crippen molar-refractivity contribution in [1.82, 2.24) is 35.0 Å². The second-order valence-electron chi connectivity index (χ2n) is 8.93. The third-order valence-corrected chi connectivity index (χ3v) is 6.56. The number of amides is 1. The van der Waals surface area contributed by atoms with Crippen molar-refractivity contribution in [1.29, 1.82) is 0 Å². The Bertz CT molecular complexity index is 1540. The Morgan fingerprint density at radius 1 is 0.973 bits per heavy atom. The fourth-order valence-electron chi connectivity index (χ4n) is 4.70. The Morgan fingerprint density at radius 2 is 1.84 bits per heavy atom. The summed E-state index contributed by atoms with van der Waals surface area (Å²) in [5.41, 5.74) is 3.52. The van der Waals surface area contributed by atoms with Gasteiger partial charge in [-0.1, -0.05) is 18.2 Å². The highest BCUT2D eigenvalue weighted by Gasteiger charge is 2.36. The number of benzene rings is 1. The van der Waals surface area contributed by atoms with Gasteiger partial charge in [-0.25, -0.2) is 4.98 Å². The highest BCUT2D eigenvalue weighted by Crippen LogP contribution is 2.38. The lowest BCUT2D eigenvalue weighted by atomic mass is 9.79. The zero-order valence-electron chi connectivity index (χ0n) is 20.3. The fourth-order valence-corrected chi connectivity index (χ4v) is 4.70. The largest absolute Gasteiger partial charge is 0.492 e. The van der Waals surface area contributed by atoms with Gasteiger partial charge in [-0.3, -0.25) is 19.3 Å². The van der Waals surface area contributed by atoms with E-state index < -0.39 is 0 Å². The number of para-hydroxylation sites is 1. The maximum absolute atomic E-state index is 13.0. The van der Waals surface area contributed by atoms with Crippen LogP contribution in [0.2, 0.25) is 0 Å². The highest BCUT2D eigenvalue weighted by atomic mass is 16.5. The first-order valence-corrected chi connectivity index (χ1v) is 12.3. The summed E-state index contributed by atoms with van der Waals surface area (Å²) in [5.74, 6) is 2.26. The van der Waals surface area contributed by atoms with Gasteiger partial charge in [0, 0.05) is 30.0 Å². The summed E-state index contributed by atoms with van der Waals surface area (Å²) in [6.07, 6.45) is 6.55. The van der Waals surface area contributed by atoms with Gasteiger partial charge < -0.3 is 10.1 Å². The molecule has 0 saturated heterocycles. The summed E-state index contributed by atoms with van der Waals surface area (Å²) in [7, 11) is 0. The molecule has 0 unspecified atom stereocenters. The van der Waals surface area contributed by atoms with E-state index in [9.17, 15) is 4.79 Å². The van der Waals surface area contributed by atoms with Gasteiger partial charge in [0.2, 0.25) is 0 Å². The minimum Gasteiger partial charge on any atom is -0.492 e. The smallest absolute Gasteiger partial charge is 0.253 e. The topological polar surface area (TPSA) is 108 Å². The standard InChI is InChI=1S/C28H25N7O2/c1-2-37-21-10-11-24(31-17-21)27-34-33-26(35(27)20-7-4-3-5-8-20)18-15-19(16-18)32-28(36)22-12-14-29-23-9-6-13-30-25(22)23/h3-14,17-19H,2,15-16H2,1H3,(H,32,36). The molecule has 0 spiro atoms. The van der Waals surface area contributed by atoms with Gasteiger partial charge in [0.15, 0.2) is 5.82 Å². The second kappa shape index (κ2) is 9.77. The molecule has 1 fully saturated rings. The first-order valence-electron chi connectivity index (χ1n) is 12.3. The molecular weight excluding hydrogens is 466 g/mol. The Hall–Kier alpha value is -4.66. The van der Waals surface area contributed by atoms with Gasteiger partial charge in [-0.15, -0.1) is 10.2 Å². The van der Waals surface area contributed by atoms with Crippen LogP contribution in [0, 0.1) is 0 Å².